The van der Waals surface area contributed by atoms with Crippen LogP contribution in [0.3, 0.4) is 0 Å². The summed E-state index contributed by atoms with van der Waals surface area (Å²) in [5.74, 6) is -0.195. The number of primary sulfonamides is 1. The number of nitrogens with two attached hydrogens (primary N) is 1. The Bertz CT molecular complexity index is 1040. The molecule has 1 saturated carbocycles. The molecule has 1 heterocycles. The van der Waals surface area contributed by atoms with E-state index in [4.69, 9.17) is 9.88 Å². The van der Waals surface area contributed by atoms with Crippen molar-refractivity contribution >= 4 is 27.3 Å². The lowest BCUT2D eigenvalue weighted by Gasteiger charge is -2.29. The Labute approximate surface area is 177 Å². The van der Waals surface area contributed by atoms with Crippen molar-refractivity contribution in [3.8, 4) is 0 Å². The highest BCUT2D eigenvalue weighted by atomic mass is 32.2. The van der Waals surface area contributed by atoms with E-state index in [1.807, 2.05) is 24.3 Å². The van der Waals surface area contributed by atoms with Gasteiger partial charge in [-0.05, 0) is 41.3 Å². The number of rotatable bonds is 5. The van der Waals surface area contributed by atoms with Gasteiger partial charge in [-0.3, -0.25) is 4.79 Å². The largest absolute Gasteiger partial charge is 0.378 e. The molecule has 0 unspecified atom stereocenters. The molecule has 0 aromatic heterocycles. The van der Waals surface area contributed by atoms with Crippen molar-refractivity contribution in [2.45, 2.75) is 24.7 Å². The van der Waals surface area contributed by atoms with Gasteiger partial charge in [0.25, 0.3) is 0 Å². The van der Waals surface area contributed by atoms with Crippen LogP contribution >= 0.6 is 0 Å². The number of nitrogens with zero attached hydrogens (tertiary/aromatic N) is 1. The smallest absolute Gasteiger partial charge is 0.238 e. The van der Waals surface area contributed by atoms with Gasteiger partial charge < -0.3 is 15.0 Å². The highest BCUT2D eigenvalue weighted by molar-refractivity contribution is 7.89. The molecule has 1 saturated heterocycles. The quantitative estimate of drug-likeness (QED) is 0.761. The molecule has 7 nitrogen and oxygen atoms in total. The fraction of sp³-hybridized carbons (Fsp3) is 0.409. The molecule has 1 aliphatic heterocycles. The topological polar surface area (TPSA) is 102 Å². The highest BCUT2D eigenvalue weighted by Gasteiger charge is 2.62. The molecule has 2 atom stereocenters. The minimum atomic E-state index is -3.73. The van der Waals surface area contributed by atoms with Crippen molar-refractivity contribution in [2.24, 2.45) is 16.5 Å². The Morgan fingerprint density at radius 2 is 1.80 bits per heavy atom. The van der Waals surface area contributed by atoms with Gasteiger partial charge in [-0.25, -0.2) is 13.6 Å². The van der Waals surface area contributed by atoms with Crippen molar-refractivity contribution in [1.82, 2.24) is 0 Å². The average molecular weight is 430 g/mol. The number of benzene rings is 2. The Morgan fingerprint density at radius 1 is 1.13 bits per heavy atom. The average Bonchev–Trinajstić information content (AvgIpc) is 3.30. The summed E-state index contributed by atoms with van der Waals surface area (Å²) in [6, 6.07) is 14.4. The van der Waals surface area contributed by atoms with Gasteiger partial charge in [0.15, 0.2) is 0 Å². The molecular formula is C22H27N3O4S. The molecule has 0 bridgehead atoms. The molecule has 2 aliphatic rings. The lowest BCUT2D eigenvalue weighted by molar-refractivity contribution is -0.118. The number of hydrogen-bond donors (Lipinski definition) is 2. The third-order valence-electron chi connectivity index (χ3n) is 6.17. The number of nitrogens with one attached hydrogen (secondary N) is 1. The van der Waals surface area contributed by atoms with Crippen LogP contribution in [0.15, 0.2) is 53.4 Å². The Kier molecular flexibility index (Phi) is 5.34. The molecule has 0 radical (unpaired) electrons. The molecule has 4 rings (SSSR count). The maximum atomic E-state index is 13.0. The fourth-order valence-electron chi connectivity index (χ4n) is 4.44. The van der Waals surface area contributed by atoms with E-state index in [1.54, 1.807) is 12.1 Å². The van der Waals surface area contributed by atoms with E-state index >= 15 is 0 Å². The van der Waals surface area contributed by atoms with Gasteiger partial charge in [0.05, 0.1) is 24.0 Å². The second kappa shape index (κ2) is 7.68. The van der Waals surface area contributed by atoms with Gasteiger partial charge in [-0.15, -0.1) is 0 Å². The molecule has 160 valence electrons. The zero-order chi connectivity index (χ0) is 21.5. The number of anilines is 2. The van der Waals surface area contributed by atoms with Crippen molar-refractivity contribution < 1.29 is 17.9 Å². The van der Waals surface area contributed by atoms with E-state index < -0.39 is 10.0 Å². The lowest BCUT2D eigenvalue weighted by atomic mass is 10.0. The van der Waals surface area contributed by atoms with Gasteiger partial charge >= 0.3 is 0 Å². The summed E-state index contributed by atoms with van der Waals surface area (Å²) >= 11 is 0. The van der Waals surface area contributed by atoms with Crippen molar-refractivity contribution in [3.63, 3.8) is 0 Å². The molecule has 8 heteroatoms. The first-order valence-electron chi connectivity index (χ1n) is 10.0. The summed E-state index contributed by atoms with van der Waals surface area (Å²) < 4.78 is 28.4. The Hall–Kier alpha value is -2.42. The molecule has 2 aromatic carbocycles. The lowest BCUT2D eigenvalue weighted by Crippen LogP contribution is -2.36. The van der Waals surface area contributed by atoms with Crippen molar-refractivity contribution in [1.29, 1.82) is 0 Å². The van der Waals surface area contributed by atoms with E-state index in [0.717, 1.165) is 30.0 Å². The summed E-state index contributed by atoms with van der Waals surface area (Å²) in [6.07, 6.45) is 0. The van der Waals surface area contributed by atoms with Gasteiger partial charge in [-0.1, -0.05) is 32.0 Å². The van der Waals surface area contributed by atoms with E-state index in [9.17, 15) is 13.2 Å². The van der Waals surface area contributed by atoms with Gasteiger partial charge in [-0.2, -0.15) is 0 Å². The van der Waals surface area contributed by atoms with E-state index in [-0.39, 0.29) is 28.1 Å². The number of ether oxygens (including phenoxy) is 1. The summed E-state index contributed by atoms with van der Waals surface area (Å²) in [5.41, 5.74) is 2.57. The predicted octanol–water partition coefficient (Wildman–Crippen LogP) is 2.55. The number of amides is 1. The minimum Gasteiger partial charge on any atom is -0.378 e. The van der Waals surface area contributed by atoms with E-state index in [0.29, 0.717) is 13.2 Å². The number of carbonyl (C=O) groups is 1. The van der Waals surface area contributed by atoms with Crippen LogP contribution in [-0.2, 0) is 19.6 Å². The van der Waals surface area contributed by atoms with Gasteiger partial charge in [0.2, 0.25) is 15.9 Å². The SMILES string of the molecule is CC1(C)[C@H](C(=O)Nc2cccc(N3CCOCC3)c2)[C@H]1c1ccc(S(N)(=O)=O)cc1. The maximum Gasteiger partial charge on any atom is 0.238 e. The molecule has 1 aliphatic carbocycles. The number of carbonyl (C=O) groups excluding carboxylic acids is 1. The first kappa shape index (κ1) is 20.8. The summed E-state index contributed by atoms with van der Waals surface area (Å²) in [5, 5.41) is 8.24. The third-order valence-corrected chi connectivity index (χ3v) is 7.10. The zero-order valence-electron chi connectivity index (χ0n) is 17.2. The highest BCUT2D eigenvalue weighted by Crippen LogP contribution is 2.64. The van der Waals surface area contributed by atoms with Crippen LogP contribution in [0.1, 0.15) is 25.3 Å². The Balaban J connectivity index is 1.47. The molecule has 3 N–H and O–H groups in total. The molecule has 30 heavy (non-hydrogen) atoms. The van der Waals surface area contributed by atoms with Crippen LogP contribution in [0.25, 0.3) is 0 Å². The maximum absolute atomic E-state index is 13.0. The molecule has 1 amide bonds. The zero-order valence-corrected chi connectivity index (χ0v) is 18.0. The van der Waals surface area contributed by atoms with Crippen LogP contribution in [0.4, 0.5) is 11.4 Å². The van der Waals surface area contributed by atoms with Crippen molar-refractivity contribution in [2.75, 3.05) is 36.5 Å². The normalized spacial score (nSPS) is 23.1. The van der Waals surface area contributed by atoms with Crippen LogP contribution in [0, 0.1) is 11.3 Å². The number of hydrogen-bond acceptors (Lipinski definition) is 5. The molecule has 2 fully saturated rings. The number of sulfonamides is 1. The summed E-state index contributed by atoms with van der Waals surface area (Å²) in [6.45, 7) is 7.20. The third kappa shape index (κ3) is 4.08. The van der Waals surface area contributed by atoms with Crippen molar-refractivity contribution in [3.05, 3.63) is 54.1 Å². The fourth-order valence-corrected chi connectivity index (χ4v) is 4.95. The molecule has 0 spiro atoms. The van der Waals surface area contributed by atoms with Crippen LogP contribution in [0.5, 0.6) is 0 Å². The second-order valence-corrected chi connectivity index (χ2v) is 10.1. The first-order valence-corrected chi connectivity index (χ1v) is 11.6. The van der Waals surface area contributed by atoms with Crippen LogP contribution < -0.4 is 15.4 Å². The van der Waals surface area contributed by atoms with Crippen LogP contribution in [-0.4, -0.2) is 40.6 Å². The minimum absolute atomic E-state index is 0.0226. The standard InChI is InChI=1S/C22H27N3O4S/c1-22(2)19(15-6-8-18(9-7-15)30(23,27)28)20(22)21(26)24-16-4-3-5-17(14-16)25-10-12-29-13-11-25/h3-9,14,19-20H,10-13H2,1-2H3,(H,24,26)(H2,23,27,28)/t19-,20+/m1/s1. The summed E-state index contributed by atoms with van der Waals surface area (Å²) in [4.78, 5) is 15.3. The number of morpholine rings is 1. The molecule has 2 aromatic rings. The second-order valence-electron chi connectivity index (χ2n) is 8.53. The van der Waals surface area contributed by atoms with E-state index in [2.05, 4.69) is 24.1 Å². The van der Waals surface area contributed by atoms with Gasteiger partial charge in [0.1, 0.15) is 0 Å². The predicted molar refractivity (Wildman–Crippen MR) is 116 cm³/mol. The van der Waals surface area contributed by atoms with Gasteiger partial charge in [0, 0.05) is 30.4 Å². The van der Waals surface area contributed by atoms with E-state index in [1.165, 1.54) is 12.1 Å². The Morgan fingerprint density at radius 3 is 2.43 bits per heavy atom. The van der Waals surface area contributed by atoms with Crippen LogP contribution in [0.2, 0.25) is 0 Å². The first-order chi connectivity index (χ1) is 14.2. The summed E-state index contributed by atoms with van der Waals surface area (Å²) in [7, 11) is -3.73. The molecular weight excluding hydrogens is 402 g/mol. The monoisotopic (exact) mass is 429 g/mol.